The molecule has 1 aromatic heterocycles. The van der Waals surface area contributed by atoms with Gasteiger partial charge in [0.1, 0.15) is 11.4 Å². The van der Waals surface area contributed by atoms with Gasteiger partial charge in [-0.15, -0.1) is 0 Å². The molecular weight excluding hydrogens is 288 g/mol. The fourth-order valence-electron chi connectivity index (χ4n) is 4.11. The highest BCUT2D eigenvalue weighted by atomic mass is 16.5. The molecule has 3 heterocycles. The van der Waals surface area contributed by atoms with E-state index in [4.69, 9.17) is 4.74 Å². The molecule has 1 aromatic carbocycles. The molecule has 2 fully saturated rings. The molecule has 23 heavy (non-hydrogen) atoms. The lowest BCUT2D eigenvalue weighted by molar-refractivity contribution is 0.0629. The monoisotopic (exact) mass is 310 g/mol. The number of rotatable bonds is 2. The smallest absolute Gasteiger partial charge is 0.270 e. The Labute approximate surface area is 136 Å². The third-order valence-corrected chi connectivity index (χ3v) is 5.32. The minimum Gasteiger partial charge on any atom is -0.497 e. The Bertz CT molecular complexity index is 774. The lowest BCUT2D eigenvalue weighted by Gasteiger charge is -2.36. The second kappa shape index (κ2) is 5.44. The van der Waals surface area contributed by atoms with Crippen molar-refractivity contribution in [2.24, 2.45) is 0 Å². The minimum absolute atomic E-state index is 0.141. The van der Waals surface area contributed by atoms with Gasteiger partial charge in [0, 0.05) is 29.1 Å². The van der Waals surface area contributed by atoms with E-state index >= 15 is 0 Å². The molecule has 4 heteroatoms. The molecule has 0 saturated carbocycles. The number of nitrogens with one attached hydrogen (secondary N) is 1. The molecule has 2 atom stereocenters. The number of amides is 1. The first-order chi connectivity index (χ1) is 11.2. The summed E-state index contributed by atoms with van der Waals surface area (Å²) in [5.74, 6) is 0.942. The number of aromatic nitrogens is 1. The zero-order valence-electron chi connectivity index (χ0n) is 13.6. The minimum atomic E-state index is 0.141. The van der Waals surface area contributed by atoms with Crippen LogP contribution in [0.25, 0.3) is 10.9 Å². The summed E-state index contributed by atoms with van der Waals surface area (Å²) in [4.78, 5) is 18.4. The lowest BCUT2D eigenvalue weighted by Crippen LogP contribution is -2.44. The van der Waals surface area contributed by atoms with Gasteiger partial charge in [0.15, 0.2) is 0 Å². The Morgan fingerprint density at radius 2 is 2.00 bits per heavy atom. The summed E-state index contributed by atoms with van der Waals surface area (Å²) < 4.78 is 5.26. The summed E-state index contributed by atoms with van der Waals surface area (Å²) in [6.45, 7) is 2.11. The summed E-state index contributed by atoms with van der Waals surface area (Å²) in [5.41, 5.74) is 3.14. The normalized spacial score (nSPS) is 23.4. The maximum absolute atomic E-state index is 13.0. The van der Waals surface area contributed by atoms with Crippen LogP contribution in [0.2, 0.25) is 0 Å². The van der Waals surface area contributed by atoms with Crippen LogP contribution in [-0.2, 0) is 0 Å². The van der Waals surface area contributed by atoms with Gasteiger partial charge >= 0.3 is 0 Å². The third-order valence-electron chi connectivity index (χ3n) is 5.32. The molecule has 0 radical (unpaired) electrons. The molecule has 2 bridgehead atoms. The molecular formula is C19H22N2O2. The van der Waals surface area contributed by atoms with Crippen molar-refractivity contribution < 1.29 is 9.53 Å². The Hall–Kier alpha value is -2.23. The average molecular weight is 310 g/mol. The number of hydrogen-bond donors (Lipinski definition) is 1. The van der Waals surface area contributed by atoms with Gasteiger partial charge in [-0.25, -0.2) is 0 Å². The summed E-state index contributed by atoms with van der Waals surface area (Å²) >= 11 is 0. The zero-order chi connectivity index (χ0) is 16.0. The second-order valence-electron chi connectivity index (χ2n) is 6.59. The predicted octanol–water partition coefficient (Wildman–Crippen LogP) is 3.89. The van der Waals surface area contributed by atoms with E-state index in [1.54, 1.807) is 7.11 Å². The van der Waals surface area contributed by atoms with Crippen LogP contribution in [0, 0.1) is 0 Å². The Morgan fingerprint density at radius 1 is 1.26 bits per heavy atom. The number of piperidine rings is 1. The van der Waals surface area contributed by atoms with Crippen LogP contribution in [-0.4, -0.2) is 35.0 Å². The Morgan fingerprint density at radius 3 is 2.65 bits per heavy atom. The number of nitrogens with zero attached hydrogens (tertiary/aromatic N) is 1. The van der Waals surface area contributed by atoms with Gasteiger partial charge in [-0.05, 0) is 50.8 Å². The van der Waals surface area contributed by atoms with E-state index in [0.717, 1.165) is 42.3 Å². The zero-order valence-corrected chi connectivity index (χ0v) is 13.6. The van der Waals surface area contributed by atoms with Crippen molar-refractivity contribution in [3.8, 4) is 5.75 Å². The number of carbonyl (C=O) groups is 1. The van der Waals surface area contributed by atoms with Crippen molar-refractivity contribution in [2.75, 3.05) is 7.11 Å². The van der Waals surface area contributed by atoms with Crippen LogP contribution in [0.15, 0.2) is 35.9 Å². The second-order valence-corrected chi connectivity index (χ2v) is 6.59. The first-order valence-electron chi connectivity index (χ1n) is 8.33. The van der Waals surface area contributed by atoms with Gasteiger partial charge < -0.3 is 14.6 Å². The van der Waals surface area contributed by atoms with Gasteiger partial charge in [0.05, 0.1) is 7.11 Å². The van der Waals surface area contributed by atoms with Crippen molar-refractivity contribution in [2.45, 2.75) is 44.7 Å². The maximum Gasteiger partial charge on any atom is 0.270 e. The van der Waals surface area contributed by atoms with Crippen LogP contribution >= 0.6 is 0 Å². The lowest BCUT2D eigenvalue weighted by atomic mass is 9.96. The first kappa shape index (κ1) is 14.4. The van der Waals surface area contributed by atoms with Gasteiger partial charge in [0.25, 0.3) is 5.91 Å². The summed E-state index contributed by atoms with van der Waals surface area (Å²) in [7, 11) is 1.65. The maximum atomic E-state index is 13.0. The molecule has 2 aromatic rings. The van der Waals surface area contributed by atoms with Gasteiger partial charge in [-0.3, -0.25) is 4.79 Å². The number of allylic oxidation sites excluding steroid dienone is 1. The topological polar surface area (TPSA) is 45.3 Å². The highest BCUT2D eigenvalue weighted by Gasteiger charge is 2.41. The van der Waals surface area contributed by atoms with E-state index in [9.17, 15) is 4.79 Å². The van der Waals surface area contributed by atoms with Crippen molar-refractivity contribution in [1.82, 2.24) is 9.88 Å². The number of H-pyrrole nitrogens is 1. The third kappa shape index (κ3) is 2.33. The largest absolute Gasteiger partial charge is 0.497 e. The fraction of sp³-hybridized carbons (Fsp3) is 0.421. The molecule has 2 unspecified atom stereocenters. The van der Waals surface area contributed by atoms with E-state index in [-0.39, 0.29) is 5.91 Å². The van der Waals surface area contributed by atoms with Gasteiger partial charge in [-0.1, -0.05) is 11.6 Å². The van der Waals surface area contributed by atoms with Crippen LogP contribution in [0.3, 0.4) is 0 Å². The number of carbonyl (C=O) groups excluding carboxylic acids is 1. The quantitative estimate of drug-likeness (QED) is 0.855. The molecule has 1 N–H and O–H groups in total. The molecule has 4 rings (SSSR count). The first-order valence-corrected chi connectivity index (χ1v) is 8.33. The fourth-order valence-corrected chi connectivity index (χ4v) is 4.11. The number of methoxy groups -OCH3 is 1. The summed E-state index contributed by atoms with van der Waals surface area (Å²) in [6.07, 6.45) is 6.55. The van der Waals surface area contributed by atoms with Crippen LogP contribution in [0.4, 0.5) is 0 Å². The predicted molar refractivity (Wildman–Crippen MR) is 90.8 cm³/mol. The molecule has 2 aliphatic rings. The average Bonchev–Trinajstić information content (AvgIpc) is 3.11. The van der Waals surface area contributed by atoms with E-state index in [0.29, 0.717) is 17.8 Å². The van der Waals surface area contributed by atoms with E-state index in [1.165, 1.54) is 5.57 Å². The van der Waals surface area contributed by atoms with Crippen LogP contribution in [0.1, 0.15) is 43.1 Å². The standard InChI is InChI=1S/C19H22N2O2/c1-3-12-8-14-5-6-15(9-12)21(14)19(22)18-10-13-4-7-16(23-2)11-17(13)20-18/h3-4,7,10-11,14-15,20H,5-6,8-9H2,1-2H3. The molecule has 1 amide bonds. The van der Waals surface area contributed by atoms with Crippen LogP contribution in [0.5, 0.6) is 5.75 Å². The molecule has 0 spiro atoms. The van der Waals surface area contributed by atoms with Gasteiger partial charge in [-0.2, -0.15) is 0 Å². The molecule has 120 valence electrons. The van der Waals surface area contributed by atoms with Crippen LogP contribution < -0.4 is 4.74 Å². The number of hydrogen-bond acceptors (Lipinski definition) is 2. The highest BCUT2D eigenvalue weighted by molar-refractivity contribution is 5.98. The van der Waals surface area contributed by atoms with Crippen molar-refractivity contribution >= 4 is 16.8 Å². The van der Waals surface area contributed by atoms with Gasteiger partial charge in [0.2, 0.25) is 0 Å². The molecule has 2 aliphatic heterocycles. The van der Waals surface area contributed by atoms with Crippen molar-refractivity contribution in [3.05, 3.63) is 41.6 Å². The number of fused-ring (bicyclic) bond motifs is 3. The van der Waals surface area contributed by atoms with Crippen molar-refractivity contribution in [1.29, 1.82) is 0 Å². The van der Waals surface area contributed by atoms with E-state index in [1.807, 2.05) is 24.3 Å². The molecule has 2 saturated heterocycles. The Kier molecular flexibility index (Phi) is 3.40. The highest BCUT2D eigenvalue weighted by Crippen LogP contribution is 2.39. The molecule has 4 nitrogen and oxygen atoms in total. The van der Waals surface area contributed by atoms with Crippen molar-refractivity contribution in [3.63, 3.8) is 0 Å². The SMILES string of the molecule is CC=C1CC2CCC(C1)N2C(=O)c1cc2ccc(OC)cc2[nH]1. The number of aromatic amines is 1. The van der Waals surface area contributed by atoms with E-state index in [2.05, 4.69) is 22.9 Å². The summed E-state index contributed by atoms with van der Waals surface area (Å²) in [5, 5.41) is 1.05. The van der Waals surface area contributed by atoms with E-state index < -0.39 is 0 Å². The Balaban J connectivity index is 1.64. The summed E-state index contributed by atoms with van der Waals surface area (Å²) in [6, 6.07) is 8.55. The number of benzene rings is 1. The molecule has 0 aliphatic carbocycles. The number of ether oxygens (including phenoxy) is 1.